The summed E-state index contributed by atoms with van der Waals surface area (Å²) in [6.07, 6.45) is -0.259. The van der Waals surface area contributed by atoms with Crippen LogP contribution in [0.25, 0.3) is 21.9 Å². The number of imidazole rings is 1. The van der Waals surface area contributed by atoms with Crippen molar-refractivity contribution in [1.82, 2.24) is 24.3 Å². The van der Waals surface area contributed by atoms with E-state index in [1.54, 1.807) is 4.90 Å². The van der Waals surface area contributed by atoms with Crippen molar-refractivity contribution in [2.24, 2.45) is 5.41 Å². The Labute approximate surface area is 260 Å². The number of piperazine rings is 1. The molecule has 4 heterocycles. The van der Waals surface area contributed by atoms with E-state index in [1.807, 2.05) is 53.7 Å². The molecule has 0 bridgehead atoms. The van der Waals surface area contributed by atoms with E-state index in [-0.39, 0.29) is 11.5 Å². The van der Waals surface area contributed by atoms with Crippen molar-refractivity contribution in [3.05, 3.63) is 29.6 Å². The SMILES string of the molecule is CCOCc1nc2c(N)nc3cc(C#CCN4CCN(C(=O)OC(C)(C)C)CC4)ccc3c2n1CC1(C)COC(C)(C)OC1. The highest BCUT2D eigenvalue weighted by Gasteiger charge is 2.38. The molecule has 2 aromatic heterocycles. The number of benzene rings is 1. The monoisotopic (exact) mass is 606 g/mol. The fourth-order valence-electron chi connectivity index (χ4n) is 5.43. The maximum Gasteiger partial charge on any atom is 0.410 e. The topological polar surface area (TPSA) is 117 Å². The number of rotatable bonds is 6. The third-order valence-corrected chi connectivity index (χ3v) is 7.85. The number of hydrogen-bond donors (Lipinski definition) is 1. The first-order chi connectivity index (χ1) is 20.8. The van der Waals surface area contributed by atoms with Gasteiger partial charge in [0, 0.05) is 55.7 Å². The summed E-state index contributed by atoms with van der Waals surface area (Å²) < 4.78 is 25.6. The molecule has 44 heavy (non-hydrogen) atoms. The largest absolute Gasteiger partial charge is 0.444 e. The van der Waals surface area contributed by atoms with E-state index in [1.165, 1.54) is 0 Å². The van der Waals surface area contributed by atoms with Crippen molar-refractivity contribution in [2.45, 2.75) is 73.0 Å². The number of amides is 1. The molecule has 11 nitrogen and oxygen atoms in total. The number of fused-ring (bicyclic) bond motifs is 3. The van der Waals surface area contributed by atoms with Gasteiger partial charge in [0.15, 0.2) is 11.6 Å². The molecule has 5 rings (SSSR count). The number of carbonyl (C=O) groups excluding carboxylic acids is 1. The van der Waals surface area contributed by atoms with Crippen LogP contribution in [0.2, 0.25) is 0 Å². The summed E-state index contributed by atoms with van der Waals surface area (Å²) in [6.45, 7) is 19.7. The summed E-state index contributed by atoms with van der Waals surface area (Å²) in [5.74, 6) is 7.16. The van der Waals surface area contributed by atoms with Gasteiger partial charge in [-0.15, -0.1) is 0 Å². The summed E-state index contributed by atoms with van der Waals surface area (Å²) >= 11 is 0. The molecule has 238 valence electrons. The van der Waals surface area contributed by atoms with Gasteiger partial charge in [0.1, 0.15) is 23.5 Å². The van der Waals surface area contributed by atoms with Crippen molar-refractivity contribution in [1.29, 1.82) is 0 Å². The standard InChI is InChI=1S/C33H46N6O5/c1-8-41-19-26-36-27-28(39(26)20-33(7)21-42-32(5,6)43-22-33)24-12-11-23(18-25(24)35-29(27)34)10-9-13-37-14-16-38(17-15-37)30(40)44-31(2,3)4/h11-12,18H,8,13-17,19-22H2,1-7H3,(H2,34,35). The predicted octanol–water partition coefficient (Wildman–Crippen LogP) is 4.40. The Morgan fingerprint density at radius 3 is 2.45 bits per heavy atom. The molecule has 11 heteroatoms. The van der Waals surface area contributed by atoms with E-state index in [9.17, 15) is 4.79 Å². The number of nitrogens with two attached hydrogens (primary N) is 1. The zero-order valence-corrected chi connectivity index (χ0v) is 27.2. The summed E-state index contributed by atoms with van der Waals surface area (Å²) in [6, 6.07) is 6.05. The maximum atomic E-state index is 12.4. The molecule has 2 saturated heterocycles. The molecule has 1 aromatic carbocycles. The van der Waals surface area contributed by atoms with Gasteiger partial charge in [-0.05, 0) is 59.7 Å². The Morgan fingerprint density at radius 1 is 1.09 bits per heavy atom. The lowest BCUT2D eigenvalue weighted by atomic mass is 9.91. The highest BCUT2D eigenvalue weighted by atomic mass is 16.7. The Kier molecular flexibility index (Phi) is 9.10. The summed E-state index contributed by atoms with van der Waals surface area (Å²) in [7, 11) is 0. The van der Waals surface area contributed by atoms with Crippen molar-refractivity contribution >= 4 is 33.8 Å². The van der Waals surface area contributed by atoms with Crippen LogP contribution in [0.4, 0.5) is 10.6 Å². The highest BCUT2D eigenvalue weighted by Crippen LogP contribution is 2.35. The zero-order chi connectivity index (χ0) is 31.7. The third-order valence-electron chi connectivity index (χ3n) is 7.85. The molecule has 2 N–H and O–H groups in total. The van der Waals surface area contributed by atoms with E-state index in [0.29, 0.717) is 63.9 Å². The molecule has 2 aliphatic rings. The molecule has 0 saturated carbocycles. The van der Waals surface area contributed by atoms with Gasteiger partial charge in [0.05, 0.1) is 30.8 Å². The first kappa shape index (κ1) is 32.0. The second-order valence-electron chi connectivity index (χ2n) is 13.5. The second-order valence-corrected chi connectivity index (χ2v) is 13.5. The summed E-state index contributed by atoms with van der Waals surface area (Å²) in [4.78, 5) is 26.0. The van der Waals surface area contributed by atoms with Gasteiger partial charge >= 0.3 is 6.09 Å². The Balaban J connectivity index is 1.36. The molecular weight excluding hydrogens is 560 g/mol. The van der Waals surface area contributed by atoms with Crippen LogP contribution in [0.5, 0.6) is 0 Å². The fraction of sp³-hybridized carbons (Fsp3) is 0.606. The van der Waals surface area contributed by atoms with Gasteiger partial charge in [-0.1, -0.05) is 18.8 Å². The van der Waals surface area contributed by atoms with Gasteiger partial charge in [-0.2, -0.15) is 0 Å². The van der Waals surface area contributed by atoms with Crippen molar-refractivity contribution in [3.8, 4) is 11.8 Å². The van der Waals surface area contributed by atoms with Gasteiger partial charge in [0.25, 0.3) is 0 Å². The highest BCUT2D eigenvalue weighted by molar-refractivity contribution is 6.06. The third kappa shape index (κ3) is 7.44. The van der Waals surface area contributed by atoms with Crippen LogP contribution in [-0.2, 0) is 32.1 Å². The lowest BCUT2D eigenvalue weighted by Crippen LogP contribution is -2.50. The summed E-state index contributed by atoms with van der Waals surface area (Å²) in [5.41, 5.74) is 8.95. The molecule has 2 fully saturated rings. The minimum atomic E-state index is -0.600. The average Bonchev–Trinajstić information content (AvgIpc) is 3.31. The van der Waals surface area contributed by atoms with Crippen LogP contribution < -0.4 is 5.73 Å². The van der Waals surface area contributed by atoms with Crippen LogP contribution in [0.1, 0.15) is 59.9 Å². The molecule has 0 spiro atoms. The van der Waals surface area contributed by atoms with Crippen molar-refractivity contribution in [2.75, 3.05) is 58.3 Å². The van der Waals surface area contributed by atoms with E-state index < -0.39 is 11.4 Å². The van der Waals surface area contributed by atoms with Gasteiger partial charge in [0.2, 0.25) is 0 Å². The number of nitrogen functional groups attached to an aromatic ring is 1. The molecule has 0 radical (unpaired) electrons. The van der Waals surface area contributed by atoms with Crippen LogP contribution in [0.15, 0.2) is 18.2 Å². The van der Waals surface area contributed by atoms with Gasteiger partial charge < -0.3 is 34.1 Å². The Morgan fingerprint density at radius 2 is 1.80 bits per heavy atom. The van der Waals surface area contributed by atoms with Crippen LogP contribution in [-0.4, -0.2) is 94.4 Å². The van der Waals surface area contributed by atoms with Crippen molar-refractivity contribution < 1.29 is 23.7 Å². The number of nitrogens with zero attached hydrogens (tertiary/aromatic N) is 5. The first-order valence-electron chi connectivity index (χ1n) is 15.4. The molecule has 1 amide bonds. The minimum Gasteiger partial charge on any atom is -0.444 e. The average molecular weight is 607 g/mol. The molecular formula is C33H46N6O5. The van der Waals surface area contributed by atoms with E-state index >= 15 is 0 Å². The molecule has 0 aliphatic carbocycles. The number of ether oxygens (including phenoxy) is 4. The van der Waals surface area contributed by atoms with Crippen LogP contribution >= 0.6 is 0 Å². The number of carbonyl (C=O) groups is 1. The number of hydrogen-bond acceptors (Lipinski definition) is 9. The molecule has 0 unspecified atom stereocenters. The minimum absolute atomic E-state index is 0.259. The second kappa shape index (κ2) is 12.5. The van der Waals surface area contributed by atoms with Crippen LogP contribution in [0.3, 0.4) is 0 Å². The quantitative estimate of drug-likeness (QED) is 0.408. The fourth-order valence-corrected chi connectivity index (χ4v) is 5.43. The zero-order valence-electron chi connectivity index (χ0n) is 27.2. The number of aromatic nitrogens is 3. The molecule has 2 aliphatic heterocycles. The smallest absolute Gasteiger partial charge is 0.410 e. The lowest BCUT2D eigenvalue weighted by molar-refractivity contribution is -0.284. The van der Waals surface area contributed by atoms with Crippen molar-refractivity contribution in [3.63, 3.8) is 0 Å². The molecule has 3 aromatic rings. The normalized spacial score (nSPS) is 18.8. The number of pyridine rings is 1. The predicted molar refractivity (Wildman–Crippen MR) is 170 cm³/mol. The van der Waals surface area contributed by atoms with E-state index in [4.69, 9.17) is 34.6 Å². The van der Waals surface area contributed by atoms with Crippen LogP contribution in [0, 0.1) is 17.3 Å². The van der Waals surface area contributed by atoms with E-state index in [2.05, 4.69) is 34.3 Å². The van der Waals surface area contributed by atoms with Gasteiger partial charge in [-0.25, -0.2) is 14.8 Å². The molecule has 0 atom stereocenters. The summed E-state index contributed by atoms with van der Waals surface area (Å²) in [5, 5.41) is 0.954. The lowest BCUT2D eigenvalue weighted by Gasteiger charge is -2.41. The Bertz CT molecular complexity index is 1560. The number of anilines is 1. The van der Waals surface area contributed by atoms with E-state index in [0.717, 1.165) is 40.9 Å². The Hall–Kier alpha value is -3.43. The van der Waals surface area contributed by atoms with Gasteiger partial charge in [-0.3, -0.25) is 4.90 Å². The maximum absolute atomic E-state index is 12.4. The first-order valence-corrected chi connectivity index (χ1v) is 15.4.